The van der Waals surface area contributed by atoms with Crippen molar-refractivity contribution in [3.63, 3.8) is 0 Å². The molecule has 0 aromatic heterocycles. The summed E-state index contributed by atoms with van der Waals surface area (Å²) < 4.78 is 6.73. The highest BCUT2D eigenvalue weighted by atomic mass is 35.5. The maximum Gasteiger partial charge on any atom is 0.501 e. The zero-order valence-electron chi connectivity index (χ0n) is 16.1. The number of ether oxygens (including phenoxy) is 1. The Morgan fingerprint density at radius 3 is 2.50 bits per heavy atom. The molecule has 0 aliphatic carbocycles. The summed E-state index contributed by atoms with van der Waals surface area (Å²) in [5.74, 6) is 0.353. The molecule has 0 bridgehead atoms. The highest BCUT2D eigenvalue weighted by molar-refractivity contribution is 6.42. The molecule has 6 nitrogen and oxygen atoms in total. The van der Waals surface area contributed by atoms with Gasteiger partial charge in [0.1, 0.15) is 24.6 Å². The molecule has 0 N–H and O–H groups in total. The van der Waals surface area contributed by atoms with Crippen LogP contribution in [0.25, 0.3) is 0 Å². The molecule has 4 rings (SSSR count). The number of fused-ring (bicyclic) bond motifs is 1. The van der Waals surface area contributed by atoms with Crippen LogP contribution in [0.15, 0.2) is 59.6 Å². The summed E-state index contributed by atoms with van der Waals surface area (Å²) in [6, 6.07) is 11.3. The van der Waals surface area contributed by atoms with E-state index in [4.69, 9.17) is 27.9 Å². The average molecular weight is 443 g/mol. The molecule has 2 aromatic rings. The predicted octanol–water partition coefficient (Wildman–Crippen LogP) is 4.13. The summed E-state index contributed by atoms with van der Waals surface area (Å²) in [6.07, 6.45) is 5.04. The lowest BCUT2D eigenvalue weighted by Gasteiger charge is -2.26. The van der Waals surface area contributed by atoms with Gasteiger partial charge >= 0.3 is 11.9 Å². The van der Waals surface area contributed by atoms with Crippen molar-refractivity contribution in [3.05, 3.63) is 75.8 Å². The first-order chi connectivity index (χ1) is 14.5. The Balaban J connectivity index is 1.68. The molecular formula is C22H18Cl2N3O3+. The second kappa shape index (κ2) is 8.42. The van der Waals surface area contributed by atoms with Crippen LogP contribution in [0.2, 0.25) is 10.0 Å². The summed E-state index contributed by atoms with van der Waals surface area (Å²) in [5.41, 5.74) is 2.15. The van der Waals surface area contributed by atoms with E-state index in [0.29, 0.717) is 21.5 Å². The van der Waals surface area contributed by atoms with Gasteiger partial charge in [-0.2, -0.15) is 14.3 Å². The summed E-state index contributed by atoms with van der Waals surface area (Å²) in [5, 5.41) is 0.845. The van der Waals surface area contributed by atoms with Gasteiger partial charge in [0.05, 0.1) is 17.2 Å². The van der Waals surface area contributed by atoms with Crippen molar-refractivity contribution in [3.8, 4) is 5.75 Å². The van der Waals surface area contributed by atoms with Crippen LogP contribution in [-0.2, 0) is 17.9 Å². The van der Waals surface area contributed by atoms with Crippen molar-refractivity contribution in [1.29, 1.82) is 0 Å². The van der Waals surface area contributed by atoms with Crippen molar-refractivity contribution in [1.82, 2.24) is 4.90 Å². The Kier molecular flexibility index (Phi) is 5.70. The number of hydrogen-bond donors (Lipinski definition) is 0. The van der Waals surface area contributed by atoms with E-state index >= 15 is 0 Å². The zero-order valence-corrected chi connectivity index (χ0v) is 17.6. The molecule has 152 valence electrons. The molecule has 0 radical (unpaired) electrons. The minimum atomic E-state index is -0.756. The average Bonchev–Trinajstić information content (AvgIpc) is 2.77. The Bertz CT molecular complexity index is 1110. The van der Waals surface area contributed by atoms with E-state index in [-0.39, 0.29) is 19.0 Å². The number of urea groups is 1. The van der Waals surface area contributed by atoms with Gasteiger partial charge in [0, 0.05) is 6.21 Å². The molecular weight excluding hydrogens is 425 g/mol. The Morgan fingerprint density at radius 1 is 1.07 bits per heavy atom. The first-order valence-corrected chi connectivity index (χ1v) is 10.00. The van der Waals surface area contributed by atoms with Crippen LogP contribution < -0.4 is 4.74 Å². The number of halogens is 2. The van der Waals surface area contributed by atoms with Gasteiger partial charge in [-0.25, -0.2) is 4.79 Å². The highest BCUT2D eigenvalue weighted by Crippen LogP contribution is 2.25. The number of dihydropyridines is 1. The fourth-order valence-electron chi connectivity index (χ4n) is 3.41. The fraction of sp³-hybridized carbons (Fsp3) is 0.182. The quantitative estimate of drug-likeness (QED) is 0.653. The van der Waals surface area contributed by atoms with Crippen LogP contribution in [0.1, 0.15) is 11.1 Å². The minimum absolute atomic E-state index is 0.141. The number of amides is 3. The van der Waals surface area contributed by atoms with Gasteiger partial charge in [0.25, 0.3) is 0 Å². The van der Waals surface area contributed by atoms with Gasteiger partial charge < -0.3 is 4.74 Å². The molecule has 1 atom stereocenters. The molecule has 0 spiro atoms. The van der Waals surface area contributed by atoms with Crippen molar-refractivity contribution in [2.45, 2.75) is 19.1 Å². The van der Waals surface area contributed by atoms with Crippen LogP contribution in [0.5, 0.6) is 5.75 Å². The van der Waals surface area contributed by atoms with E-state index in [9.17, 15) is 9.59 Å². The number of aliphatic imine (C=N–C) groups is 1. The highest BCUT2D eigenvalue weighted by Gasteiger charge is 2.47. The van der Waals surface area contributed by atoms with Crippen LogP contribution in [0.3, 0.4) is 0 Å². The molecule has 2 aromatic carbocycles. The summed E-state index contributed by atoms with van der Waals surface area (Å²) >= 11 is 12.1. The van der Waals surface area contributed by atoms with E-state index in [1.165, 1.54) is 4.90 Å². The maximum atomic E-state index is 13.3. The lowest BCUT2D eigenvalue weighted by Crippen LogP contribution is -2.56. The van der Waals surface area contributed by atoms with Crippen LogP contribution >= 0.6 is 23.2 Å². The summed E-state index contributed by atoms with van der Waals surface area (Å²) in [6.45, 7) is 0.385. The number of carbonyl (C=O) groups is 2. The molecule has 0 fully saturated rings. The van der Waals surface area contributed by atoms with Crippen LogP contribution in [0.4, 0.5) is 4.79 Å². The third-order valence-corrected chi connectivity index (χ3v) is 5.71. The van der Waals surface area contributed by atoms with Crippen molar-refractivity contribution >= 4 is 47.1 Å². The van der Waals surface area contributed by atoms with Crippen LogP contribution in [0, 0.1) is 0 Å². The topological polar surface area (TPSA) is 62.0 Å². The van der Waals surface area contributed by atoms with E-state index in [1.54, 1.807) is 60.4 Å². The summed E-state index contributed by atoms with van der Waals surface area (Å²) in [7, 11) is 1.58. The molecule has 1 unspecified atom stereocenters. The zero-order chi connectivity index (χ0) is 21.3. The second-order valence-corrected chi connectivity index (χ2v) is 7.69. The molecule has 2 aliphatic heterocycles. The van der Waals surface area contributed by atoms with Gasteiger partial charge in [-0.1, -0.05) is 41.4 Å². The van der Waals surface area contributed by atoms with E-state index in [1.807, 2.05) is 12.1 Å². The fourth-order valence-corrected chi connectivity index (χ4v) is 3.73. The molecule has 0 saturated heterocycles. The first-order valence-electron chi connectivity index (χ1n) is 9.24. The monoisotopic (exact) mass is 442 g/mol. The second-order valence-electron chi connectivity index (χ2n) is 6.87. The van der Waals surface area contributed by atoms with Crippen molar-refractivity contribution in [2.24, 2.45) is 4.99 Å². The SMILES string of the molecule is COc1ccc(CN2C(=O)C3N=CC=CC3=[N+](Cc3ccc(Cl)c(Cl)c3)C2=O)cc1. The van der Waals surface area contributed by atoms with Crippen LogP contribution in [-0.4, -0.2) is 46.5 Å². The largest absolute Gasteiger partial charge is 0.501 e. The third kappa shape index (κ3) is 3.88. The van der Waals surface area contributed by atoms with E-state index in [0.717, 1.165) is 11.1 Å². The maximum absolute atomic E-state index is 13.3. The lowest BCUT2D eigenvalue weighted by atomic mass is 10.0. The molecule has 3 amide bonds. The van der Waals surface area contributed by atoms with Gasteiger partial charge in [0.2, 0.25) is 6.04 Å². The number of nitrogens with zero attached hydrogens (tertiary/aromatic N) is 3. The van der Waals surface area contributed by atoms with Gasteiger partial charge in [0.15, 0.2) is 0 Å². The third-order valence-electron chi connectivity index (χ3n) is 4.97. The number of hydrogen-bond acceptors (Lipinski definition) is 4. The van der Waals surface area contributed by atoms with Crippen molar-refractivity contribution in [2.75, 3.05) is 7.11 Å². The Hall–Kier alpha value is -2.96. The molecule has 8 heteroatoms. The van der Waals surface area contributed by atoms with Gasteiger partial charge in [-0.3, -0.25) is 4.99 Å². The van der Waals surface area contributed by atoms with Gasteiger partial charge in [-0.15, -0.1) is 0 Å². The molecule has 0 saturated carbocycles. The summed E-state index contributed by atoms with van der Waals surface area (Å²) in [4.78, 5) is 31.9. The number of benzene rings is 2. The lowest BCUT2D eigenvalue weighted by molar-refractivity contribution is -0.455. The Morgan fingerprint density at radius 2 is 1.80 bits per heavy atom. The number of methoxy groups -OCH3 is 1. The number of rotatable bonds is 5. The smallest absolute Gasteiger partial charge is 0.497 e. The number of imide groups is 1. The predicted molar refractivity (Wildman–Crippen MR) is 116 cm³/mol. The molecule has 2 heterocycles. The minimum Gasteiger partial charge on any atom is -0.497 e. The molecule has 30 heavy (non-hydrogen) atoms. The number of carbonyl (C=O) groups excluding carboxylic acids is 2. The number of allylic oxidation sites excluding steroid dienone is 1. The van der Waals surface area contributed by atoms with E-state index < -0.39 is 12.1 Å². The van der Waals surface area contributed by atoms with Crippen molar-refractivity contribution < 1.29 is 18.9 Å². The molecule has 2 aliphatic rings. The normalized spacial score (nSPS) is 18.1. The van der Waals surface area contributed by atoms with Gasteiger partial charge in [-0.05, 0) is 47.5 Å². The van der Waals surface area contributed by atoms with E-state index in [2.05, 4.69) is 4.99 Å². The first kappa shape index (κ1) is 20.3. The Labute approximate surface area is 183 Å². The standard InChI is InChI=1S/C22H18Cl2N3O3/c1-30-16-7-4-14(5-8-16)12-27-21(28)20-19(3-2-10-25-20)26(22(27)29)13-15-6-9-17(23)18(24)11-15/h2-11,20H,12-13H2,1H3/q+1.